The fourth-order valence-electron chi connectivity index (χ4n) is 2.87. The number of benzene rings is 1. The number of hydrogen-bond donors (Lipinski definition) is 0. The predicted molar refractivity (Wildman–Crippen MR) is 103 cm³/mol. The normalized spacial score (nSPS) is 16.2. The first-order valence-electron chi connectivity index (χ1n) is 8.68. The molecular weight excluding hydrogens is 379 g/mol. The quantitative estimate of drug-likeness (QED) is 0.545. The van der Waals surface area contributed by atoms with Gasteiger partial charge in [-0.2, -0.15) is 10.2 Å². The van der Waals surface area contributed by atoms with Crippen LogP contribution in [-0.4, -0.2) is 39.7 Å². The zero-order chi connectivity index (χ0) is 21.1. The lowest BCUT2D eigenvalue weighted by molar-refractivity contribution is -0.144. The van der Waals surface area contributed by atoms with Crippen molar-refractivity contribution < 1.29 is 14.0 Å². The largest absolute Gasteiger partial charge is 0.310 e. The van der Waals surface area contributed by atoms with Crippen LogP contribution in [0.15, 0.2) is 57.7 Å². The molecule has 0 fully saturated rings. The molecular formula is C20H17FN4O4. The summed E-state index contributed by atoms with van der Waals surface area (Å²) in [6, 6.07) is 6.61. The van der Waals surface area contributed by atoms with E-state index in [1.165, 1.54) is 37.4 Å². The van der Waals surface area contributed by atoms with Crippen LogP contribution in [0.2, 0.25) is 0 Å². The molecule has 8 nitrogen and oxygen atoms in total. The molecule has 148 valence electrons. The molecule has 0 aliphatic carbocycles. The molecule has 2 aromatic rings. The zero-order valence-corrected chi connectivity index (χ0v) is 15.5. The summed E-state index contributed by atoms with van der Waals surface area (Å²) in [6.07, 6.45) is 2.63. The Morgan fingerprint density at radius 3 is 2.52 bits per heavy atom. The predicted octanol–water partition coefficient (Wildman–Crippen LogP) is 0.630. The minimum Gasteiger partial charge on any atom is -0.288 e. The van der Waals surface area contributed by atoms with Crippen LogP contribution in [0.5, 0.6) is 0 Å². The van der Waals surface area contributed by atoms with Crippen molar-refractivity contribution in [2.45, 2.75) is 18.9 Å². The highest BCUT2D eigenvalue weighted by molar-refractivity contribution is 6.42. The Morgan fingerprint density at radius 2 is 1.86 bits per heavy atom. The molecule has 2 heterocycles. The first kappa shape index (κ1) is 20.0. The maximum Gasteiger partial charge on any atom is 0.310 e. The van der Waals surface area contributed by atoms with Crippen molar-refractivity contribution in [1.82, 2.24) is 14.8 Å². The van der Waals surface area contributed by atoms with Gasteiger partial charge in [-0.25, -0.2) is 14.1 Å². The van der Waals surface area contributed by atoms with Gasteiger partial charge in [-0.1, -0.05) is 18.2 Å². The van der Waals surface area contributed by atoms with E-state index in [0.717, 1.165) is 22.0 Å². The van der Waals surface area contributed by atoms with Crippen LogP contribution in [-0.2, 0) is 22.6 Å². The van der Waals surface area contributed by atoms with Gasteiger partial charge in [-0.15, -0.1) is 6.58 Å². The summed E-state index contributed by atoms with van der Waals surface area (Å²) < 4.78 is 14.1. The molecule has 1 atom stereocenters. The van der Waals surface area contributed by atoms with Crippen molar-refractivity contribution in [3.8, 4) is 0 Å². The van der Waals surface area contributed by atoms with E-state index < -0.39 is 34.4 Å². The van der Waals surface area contributed by atoms with Crippen LogP contribution in [0.25, 0.3) is 0 Å². The smallest absolute Gasteiger partial charge is 0.288 e. The molecule has 3 rings (SSSR count). The van der Waals surface area contributed by atoms with E-state index in [2.05, 4.69) is 16.8 Å². The molecule has 1 aliphatic heterocycles. The molecule has 1 aromatic heterocycles. The summed E-state index contributed by atoms with van der Waals surface area (Å²) in [4.78, 5) is 49.9. The summed E-state index contributed by atoms with van der Waals surface area (Å²) in [5.74, 6) is -3.45. The topological polar surface area (TPSA) is 102 Å². The SMILES string of the molecule is C=CCn1nc(C2C=NN(C)C(=O)C2=O)c(=O)cc(Cc2ccc(F)cc2)c1=O. The minimum atomic E-state index is -1.28. The van der Waals surface area contributed by atoms with Gasteiger partial charge in [0.15, 0.2) is 0 Å². The number of likely N-dealkylation sites (N-methyl/N-ethyl adjacent to an activating group) is 1. The zero-order valence-electron chi connectivity index (χ0n) is 15.5. The average Bonchev–Trinajstić information content (AvgIpc) is 2.80. The van der Waals surface area contributed by atoms with Crippen LogP contribution in [0.3, 0.4) is 0 Å². The lowest BCUT2D eigenvalue weighted by Crippen LogP contribution is -2.40. The summed E-state index contributed by atoms with van der Waals surface area (Å²) in [5, 5.41) is 8.71. The molecule has 0 radical (unpaired) electrons. The van der Waals surface area contributed by atoms with Gasteiger partial charge in [0.1, 0.15) is 17.4 Å². The number of aromatic nitrogens is 2. The minimum absolute atomic E-state index is 0.0116. The van der Waals surface area contributed by atoms with Gasteiger partial charge < -0.3 is 0 Å². The monoisotopic (exact) mass is 396 g/mol. The lowest BCUT2D eigenvalue weighted by Gasteiger charge is -2.18. The first-order valence-corrected chi connectivity index (χ1v) is 8.68. The number of rotatable bonds is 5. The molecule has 0 spiro atoms. The molecule has 1 aromatic carbocycles. The first-order chi connectivity index (χ1) is 13.8. The third kappa shape index (κ3) is 4.08. The summed E-state index contributed by atoms with van der Waals surface area (Å²) in [5.41, 5.74) is -0.770. The van der Waals surface area contributed by atoms with Crippen LogP contribution in [0.4, 0.5) is 4.39 Å². The van der Waals surface area contributed by atoms with E-state index in [-0.39, 0.29) is 24.2 Å². The number of carbonyl (C=O) groups is 2. The number of ketones is 1. The Kier molecular flexibility index (Phi) is 5.58. The number of carbonyl (C=O) groups excluding carboxylic acids is 2. The molecule has 0 bridgehead atoms. The second-order valence-electron chi connectivity index (χ2n) is 6.43. The molecule has 0 N–H and O–H groups in total. The van der Waals surface area contributed by atoms with Crippen molar-refractivity contribution in [2.24, 2.45) is 5.10 Å². The van der Waals surface area contributed by atoms with Gasteiger partial charge >= 0.3 is 5.91 Å². The Balaban J connectivity index is 2.16. The summed E-state index contributed by atoms with van der Waals surface area (Å²) in [7, 11) is 1.32. The van der Waals surface area contributed by atoms with Crippen molar-refractivity contribution in [2.75, 3.05) is 7.05 Å². The number of hydrogen-bond acceptors (Lipinski definition) is 6. The maximum atomic E-state index is 13.1. The van der Waals surface area contributed by atoms with E-state index >= 15 is 0 Å². The van der Waals surface area contributed by atoms with E-state index in [4.69, 9.17) is 0 Å². The molecule has 0 saturated heterocycles. The fraction of sp³-hybridized carbons (Fsp3) is 0.200. The van der Waals surface area contributed by atoms with Gasteiger partial charge in [0, 0.05) is 25.2 Å². The van der Waals surface area contributed by atoms with Crippen LogP contribution in [0, 0.1) is 5.82 Å². The fourth-order valence-corrected chi connectivity index (χ4v) is 2.87. The van der Waals surface area contributed by atoms with Crippen LogP contribution < -0.4 is 11.0 Å². The molecule has 1 aliphatic rings. The summed E-state index contributed by atoms with van der Waals surface area (Å²) in [6.45, 7) is 3.56. The van der Waals surface area contributed by atoms with Gasteiger partial charge in [0.2, 0.25) is 11.2 Å². The Bertz CT molecular complexity index is 1140. The highest BCUT2D eigenvalue weighted by Gasteiger charge is 2.34. The maximum absolute atomic E-state index is 13.1. The second-order valence-corrected chi connectivity index (χ2v) is 6.43. The highest BCUT2D eigenvalue weighted by Crippen LogP contribution is 2.15. The molecule has 1 amide bonds. The standard InChI is InChI=1S/C20H17FN4O4/c1-3-8-25-19(28)13(9-12-4-6-14(21)7-5-12)10-16(26)17(23-25)15-11-22-24(2)20(29)18(15)27/h3-7,10-11,15H,1,8-9H2,2H3. The van der Waals surface area contributed by atoms with Crippen molar-refractivity contribution >= 4 is 17.9 Å². The van der Waals surface area contributed by atoms with Crippen LogP contribution >= 0.6 is 0 Å². The van der Waals surface area contributed by atoms with Gasteiger partial charge in [0.25, 0.3) is 5.56 Å². The number of Topliss-reactive ketones (excluding diaryl/α,β-unsaturated/α-hetero) is 1. The number of nitrogens with zero attached hydrogens (tertiary/aromatic N) is 4. The second kappa shape index (κ2) is 8.09. The Labute approximate surface area is 164 Å². The van der Waals surface area contributed by atoms with E-state index in [0.29, 0.717) is 5.56 Å². The Hall–Kier alpha value is -3.75. The average molecular weight is 396 g/mol. The highest BCUT2D eigenvalue weighted by atomic mass is 19.1. The lowest BCUT2D eigenvalue weighted by atomic mass is 9.98. The molecule has 9 heteroatoms. The molecule has 0 saturated carbocycles. The molecule has 29 heavy (non-hydrogen) atoms. The molecule has 1 unspecified atom stereocenters. The van der Waals surface area contributed by atoms with Crippen molar-refractivity contribution in [1.29, 1.82) is 0 Å². The number of hydrazone groups is 1. The number of allylic oxidation sites excluding steroid dienone is 1. The van der Waals surface area contributed by atoms with Crippen molar-refractivity contribution in [3.05, 3.63) is 86.2 Å². The third-order valence-corrected chi connectivity index (χ3v) is 4.38. The van der Waals surface area contributed by atoms with Gasteiger partial charge in [-0.05, 0) is 23.8 Å². The number of amides is 1. The Morgan fingerprint density at radius 1 is 1.17 bits per heavy atom. The number of halogens is 1. The van der Waals surface area contributed by atoms with Crippen LogP contribution in [0.1, 0.15) is 22.7 Å². The third-order valence-electron chi connectivity index (χ3n) is 4.38. The van der Waals surface area contributed by atoms with Gasteiger partial charge in [0.05, 0.1) is 6.54 Å². The van der Waals surface area contributed by atoms with Crippen molar-refractivity contribution in [3.63, 3.8) is 0 Å². The van der Waals surface area contributed by atoms with E-state index in [1.807, 2.05) is 0 Å². The van der Waals surface area contributed by atoms with E-state index in [1.54, 1.807) is 0 Å². The van der Waals surface area contributed by atoms with E-state index in [9.17, 15) is 23.6 Å². The van der Waals surface area contributed by atoms with Gasteiger partial charge in [-0.3, -0.25) is 19.2 Å². The summed E-state index contributed by atoms with van der Waals surface area (Å²) >= 11 is 0.